The van der Waals surface area contributed by atoms with Gasteiger partial charge in [-0.3, -0.25) is 4.79 Å². The van der Waals surface area contributed by atoms with Crippen LogP contribution < -0.4 is 0 Å². The van der Waals surface area contributed by atoms with Crippen molar-refractivity contribution in [2.24, 2.45) is 5.41 Å². The number of ketones is 1. The summed E-state index contributed by atoms with van der Waals surface area (Å²) in [6.07, 6.45) is 0.579. The molecular weight excluding hydrogens is 188 g/mol. The van der Waals surface area contributed by atoms with Crippen LogP contribution in [0.15, 0.2) is 24.3 Å². The number of Topliss-reactive ketones (excluding diaryl/α,β-unsaturated/α-hetero) is 1. The van der Waals surface area contributed by atoms with E-state index in [-0.39, 0.29) is 5.78 Å². The number of hydrogen-bond acceptors (Lipinski definition) is 2. The predicted octanol–water partition coefficient (Wildman–Crippen LogP) is 2.05. The minimum absolute atomic E-state index is 0.0273. The first-order valence-corrected chi connectivity index (χ1v) is 5.21. The summed E-state index contributed by atoms with van der Waals surface area (Å²) in [7, 11) is 0. The van der Waals surface area contributed by atoms with Gasteiger partial charge in [-0.25, -0.2) is 0 Å². The van der Waals surface area contributed by atoms with E-state index in [4.69, 9.17) is 0 Å². The molecule has 0 radical (unpaired) electrons. The SMILES string of the molecule is CC(=O)C(C)(C)C1(O)Cc2ccccc21. The van der Waals surface area contributed by atoms with Crippen LogP contribution in [-0.4, -0.2) is 10.9 Å². The lowest BCUT2D eigenvalue weighted by molar-refractivity contribution is -0.148. The van der Waals surface area contributed by atoms with E-state index in [9.17, 15) is 9.90 Å². The van der Waals surface area contributed by atoms with Crippen molar-refractivity contribution < 1.29 is 9.90 Å². The Labute approximate surface area is 89.9 Å². The van der Waals surface area contributed by atoms with E-state index in [0.29, 0.717) is 6.42 Å². The van der Waals surface area contributed by atoms with E-state index in [2.05, 4.69) is 0 Å². The Balaban J connectivity index is 2.46. The molecule has 0 amide bonds. The molecular formula is C13H16O2. The fraction of sp³-hybridized carbons (Fsp3) is 0.462. The van der Waals surface area contributed by atoms with Crippen molar-refractivity contribution in [3.05, 3.63) is 35.4 Å². The molecule has 1 atom stereocenters. The highest BCUT2D eigenvalue weighted by molar-refractivity contribution is 5.84. The first-order chi connectivity index (χ1) is 6.89. The topological polar surface area (TPSA) is 37.3 Å². The Morgan fingerprint density at radius 1 is 1.40 bits per heavy atom. The van der Waals surface area contributed by atoms with Crippen molar-refractivity contribution in [2.75, 3.05) is 0 Å². The van der Waals surface area contributed by atoms with Gasteiger partial charge in [0.2, 0.25) is 0 Å². The molecule has 1 N–H and O–H groups in total. The van der Waals surface area contributed by atoms with Crippen LogP contribution >= 0.6 is 0 Å². The Hall–Kier alpha value is -1.15. The molecule has 0 saturated heterocycles. The quantitative estimate of drug-likeness (QED) is 0.800. The van der Waals surface area contributed by atoms with Gasteiger partial charge in [0.15, 0.2) is 0 Å². The summed E-state index contributed by atoms with van der Waals surface area (Å²) in [6, 6.07) is 7.77. The molecule has 0 heterocycles. The molecule has 0 fully saturated rings. The van der Waals surface area contributed by atoms with E-state index >= 15 is 0 Å². The third-order valence-corrected chi connectivity index (χ3v) is 3.82. The lowest BCUT2D eigenvalue weighted by atomic mass is 9.58. The minimum Gasteiger partial charge on any atom is -0.384 e. The number of hydrogen-bond donors (Lipinski definition) is 1. The second kappa shape index (κ2) is 2.92. The summed E-state index contributed by atoms with van der Waals surface area (Å²) in [5.41, 5.74) is 0.371. The van der Waals surface area contributed by atoms with Gasteiger partial charge in [0.25, 0.3) is 0 Å². The van der Waals surface area contributed by atoms with Crippen LogP contribution in [0.2, 0.25) is 0 Å². The van der Waals surface area contributed by atoms with Crippen LogP contribution in [-0.2, 0) is 16.8 Å². The van der Waals surface area contributed by atoms with E-state index in [0.717, 1.165) is 11.1 Å². The first kappa shape index (κ1) is 10.4. The largest absolute Gasteiger partial charge is 0.384 e. The van der Waals surface area contributed by atoms with Crippen molar-refractivity contribution in [3.63, 3.8) is 0 Å². The Morgan fingerprint density at radius 2 is 2.00 bits per heavy atom. The molecule has 0 spiro atoms. The maximum Gasteiger partial charge on any atom is 0.138 e. The molecule has 0 saturated carbocycles. The maximum atomic E-state index is 11.6. The molecule has 80 valence electrons. The smallest absolute Gasteiger partial charge is 0.138 e. The second-order valence-corrected chi connectivity index (χ2v) is 4.88. The fourth-order valence-electron chi connectivity index (χ4n) is 2.19. The van der Waals surface area contributed by atoms with Gasteiger partial charge in [-0.2, -0.15) is 0 Å². The summed E-state index contributed by atoms with van der Waals surface area (Å²) in [6.45, 7) is 5.16. The standard InChI is InChI=1S/C13H16O2/c1-9(14)12(2,3)13(15)8-10-6-4-5-7-11(10)13/h4-7,15H,8H2,1-3H3. The maximum absolute atomic E-state index is 11.6. The van der Waals surface area contributed by atoms with Gasteiger partial charge >= 0.3 is 0 Å². The fourth-order valence-corrected chi connectivity index (χ4v) is 2.19. The third kappa shape index (κ3) is 1.18. The summed E-state index contributed by atoms with van der Waals surface area (Å²) < 4.78 is 0. The lowest BCUT2D eigenvalue weighted by Crippen LogP contribution is -2.53. The van der Waals surface area contributed by atoms with Crippen LogP contribution in [0.3, 0.4) is 0 Å². The molecule has 2 heteroatoms. The van der Waals surface area contributed by atoms with Gasteiger partial charge in [-0.1, -0.05) is 24.3 Å². The average molecular weight is 204 g/mol. The molecule has 15 heavy (non-hydrogen) atoms. The van der Waals surface area contributed by atoms with E-state index < -0.39 is 11.0 Å². The number of carbonyl (C=O) groups is 1. The molecule has 1 aromatic rings. The Morgan fingerprint density at radius 3 is 2.53 bits per heavy atom. The van der Waals surface area contributed by atoms with Gasteiger partial charge in [-0.15, -0.1) is 0 Å². The van der Waals surface area contributed by atoms with E-state index in [1.807, 2.05) is 38.1 Å². The van der Waals surface area contributed by atoms with Crippen molar-refractivity contribution in [3.8, 4) is 0 Å². The first-order valence-electron chi connectivity index (χ1n) is 5.21. The van der Waals surface area contributed by atoms with E-state index in [1.54, 1.807) is 6.92 Å². The van der Waals surface area contributed by atoms with Crippen molar-refractivity contribution in [1.29, 1.82) is 0 Å². The number of rotatable bonds is 2. The molecule has 0 aromatic heterocycles. The number of benzene rings is 1. The summed E-state index contributed by atoms with van der Waals surface area (Å²) in [5.74, 6) is 0.0273. The van der Waals surface area contributed by atoms with Crippen LogP contribution in [0.4, 0.5) is 0 Å². The zero-order valence-corrected chi connectivity index (χ0v) is 9.37. The van der Waals surface area contributed by atoms with Crippen LogP contribution in [0.1, 0.15) is 31.9 Å². The van der Waals surface area contributed by atoms with Gasteiger partial charge in [0.05, 0.1) is 5.41 Å². The molecule has 0 aliphatic heterocycles. The monoisotopic (exact) mass is 204 g/mol. The normalized spacial score (nSPS) is 24.3. The predicted molar refractivity (Wildman–Crippen MR) is 58.5 cm³/mol. The van der Waals surface area contributed by atoms with Crippen molar-refractivity contribution in [2.45, 2.75) is 32.8 Å². The van der Waals surface area contributed by atoms with Crippen LogP contribution in [0, 0.1) is 5.41 Å². The highest BCUT2D eigenvalue weighted by Gasteiger charge is 2.54. The highest BCUT2D eigenvalue weighted by atomic mass is 16.3. The van der Waals surface area contributed by atoms with Gasteiger partial charge in [0.1, 0.15) is 11.4 Å². The minimum atomic E-state index is -0.977. The Bertz CT molecular complexity index is 420. The van der Waals surface area contributed by atoms with Gasteiger partial charge in [-0.05, 0) is 31.9 Å². The highest BCUT2D eigenvalue weighted by Crippen LogP contribution is 2.50. The average Bonchev–Trinajstić information content (AvgIpc) is 2.15. The van der Waals surface area contributed by atoms with Crippen molar-refractivity contribution >= 4 is 5.78 Å². The summed E-state index contributed by atoms with van der Waals surface area (Å²) in [4.78, 5) is 11.6. The zero-order valence-electron chi connectivity index (χ0n) is 9.37. The number of carbonyl (C=O) groups excluding carboxylic acids is 1. The van der Waals surface area contributed by atoms with E-state index in [1.165, 1.54) is 0 Å². The molecule has 1 aliphatic carbocycles. The lowest BCUT2D eigenvalue weighted by Gasteiger charge is -2.49. The van der Waals surface area contributed by atoms with Crippen LogP contribution in [0.5, 0.6) is 0 Å². The molecule has 1 aromatic carbocycles. The number of aliphatic hydroxyl groups is 1. The van der Waals surface area contributed by atoms with Crippen LogP contribution in [0.25, 0.3) is 0 Å². The molecule has 1 unspecified atom stereocenters. The molecule has 1 aliphatic rings. The van der Waals surface area contributed by atoms with Gasteiger partial charge in [0, 0.05) is 6.42 Å². The van der Waals surface area contributed by atoms with Crippen molar-refractivity contribution in [1.82, 2.24) is 0 Å². The third-order valence-electron chi connectivity index (χ3n) is 3.82. The van der Waals surface area contributed by atoms with Gasteiger partial charge < -0.3 is 5.11 Å². The second-order valence-electron chi connectivity index (χ2n) is 4.88. The molecule has 2 rings (SSSR count). The summed E-state index contributed by atoms with van der Waals surface area (Å²) in [5, 5.41) is 10.5. The molecule has 0 bridgehead atoms. The number of fused-ring (bicyclic) bond motifs is 1. The molecule has 2 nitrogen and oxygen atoms in total. The Kier molecular flexibility index (Phi) is 2.02. The summed E-state index contributed by atoms with van der Waals surface area (Å²) >= 11 is 0. The zero-order chi connectivity index (χ0) is 11.3.